The maximum Gasteiger partial charge on any atom is 0.261 e. The number of allylic oxidation sites excluding steroid dienone is 1. The van der Waals surface area contributed by atoms with Gasteiger partial charge in [-0.25, -0.2) is 0 Å². The van der Waals surface area contributed by atoms with E-state index < -0.39 is 38.8 Å². The number of aliphatic hydroxyl groups is 2. The van der Waals surface area contributed by atoms with Crippen LogP contribution in [0.15, 0.2) is 193 Å². The number of aromatic hydroxyl groups is 1. The molecular formula is C59H58N2O6Si. The van der Waals surface area contributed by atoms with Crippen LogP contribution in [0.2, 0.25) is 5.04 Å². The van der Waals surface area contributed by atoms with E-state index in [9.17, 15) is 24.9 Å². The predicted octanol–water partition coefficient (Wildman–Crippen LogP) is 10.7. The minimum absolute atomic E-state index is 0.0988. The largest absolute Gasteiger partial charge is 0.507 e. The average Bonchev–Trinajstić information content (AvgIpc) is 3.61. The maximum absolute atomic E-state index is 14.8. The van der Waals surface area contributed by atoms with Crippen LogP contribution in [0.4, 0.5) is 17.1 Å². The summed E-state index contributed by atoms with van der Waals surface area (Å²) in [6.45, 7) is 6.29. The molecule has 9 heteroatoms. The highest BCUT2D eigenvalue weighted by Crippen LogP contribution is 2.48. The van der Waals surface area contributed by atoms with Crippen molar-refractivity contribution in [3.05, 3.63) is 204 Å². The molecule has 4 N–H and O–H groups in total. The lowest BCUT2D eigenvalue weighted by molar-refractivity contribution is -0.123. The van der Waals surface area contributed by atoms with Crippen LogP contribution in [0.1, 0.15) is 51.2 Å². The van der Waals surface area contributed by atoms with Crippen LogP contribution in [0.25, 0.3) is 22.4 Å². The number of carbonyl (C=O) groups excluding carboxylic acids is 2. The predicted molar refractivity (Wildman–Crippen MR) is 277 cm³/mol. The highest BCUT2D eigenvalue weighted by molar-refractivity contribution is 6.99. The second-order valence-electron chi connectivity index (χ2n) is 19.0. The number of hydrogen-bond donors (Lipinski definition) is 4. The van der Waals surface area contributed by atoms with Gasteiger partial charge in [0, 0.05) is 22.7 Å². The third-order valence-corrected chi connectivity index (χ3v) is 18.9. The Bertz CT molecular complexity index is 2910. The van der Waals surface area contributed by atoms with E-state index in [1.54, 1.807) is 18.2 Å². The number of rotatable bonds is 15. The molecule has 8 nitrogen and oxygen atoms in total. The van der Waals surface area contributed by atoms with Crippen molar-refractivity contribution in [1.82, 2.24) is 0 Å². The molecule has 0 spiro atoms. The van der Waals surface area contributed by atoms with Crippen LogP contribution < -0.4 is 20.6 Å². The molecule has 0 bridgehead atoms. The minimum Gasteiger partial charge on any atom is -0.507 e. The van der Waals surface area contributed by atoms with E-state index in [0.717, 1.165) is 54.8 Å². The first-order valence-electron chi connectivity index (χ1n) is 23.5. The zero-order valence-corrected chi connectivity index (χ0v) is 39.8. The topological polar surface area (TPSA) is 119 Å². The maximum atomic E-state index is 14.8. The zero-order chi connectivity index (χ0) is 47.4. The summed E-state index contributed by atoms with van der Waals surface area (Å²) in [6.07, 6.45) is 1.94. The van der Waals surface area contributed by atoms with Crippen molar-refractivity contribution in [2.45, 2.75) is 51.2 Å². The second-order valence-corrected chi connectivity index (χ2v) is 23.3. The number of imide groups is 1. The molecule has 1 aliphatic heterocycles. The average molecular weight is 919 g/mol. The number of phenols is 1. The van der Waals surface area contributed by atoms with Gasteiger partial charge in [0.1, 0.15) is 5.75 Å². The van der Waals surface area contributed by atoms with Gasteiger partial charge in [0.2, 0.25) is 11.8 Å². The van der Waals surface area contributed by atoms with Crippen molar-refractivity contribution in [2.24, 2.45) is 17.8 Å². The van der Waals surface area contributed by atoms with Crippen LogP contribution in [0.5, 0.6) is 5.75 Å². The number of nitrogens with zero attached hydrogens (tertiary/aromatic N) is 1. The second kappa shape index (κ2) is 19.8. The number of amides is 2. The van der Waals surface area contributed by atoms with Gasteiger partial charge in [0.25, 0.3) is 8.32 Å². The molecule has 0 aromatic heterocycles. The first-order valence-corrected chi connectivity index (χ1v) is 25.4. The molecular weight excluding hydrogens is 861 g/mol. The lowest BCUT2D eigenvalue weighted by atomic mass is 9.68. The Hall–Kier alpha value is -6.88. The number of aliphatic hydroxyl groups excluding tert-OH is 2. The van der Waals surface area contributed by atoms with Crippen LogP contribution in [-0.4, -0.2) is 54.8 Å². The van der Waals surface area contributed by atoms with E-state index in [0.29, 0.717) is 17.7 Å². The van der Waals surface area contributed by atoms with Gasteiger partial charge in [-0.3, -0.25) is 14.5 Å². The Labute approximate surface area is 400 Å². The molecule has 9 rings (SSSR count). The summed E-state index contributed by atoms with van der Waals surface area (Å²) in [5.74, 6) is -3.00. The molecule has 1 fully saturated rings. The van der Waals surface area contributed by atoms with Crippen molar-refractivity contribution in [1.29, 1.82) is 0 Å². The Morgan fingerprint density at radius 3 is 1.88 bits per heavy atom. The van der Waals surface area contributed by atoms with E-state index in [1.807, 2.05) is 140 Å². The molecule has 1 saturated heterocycles. The van der Waals surface area contributed by atoms with E-state index in [-0.39, 0.29) is 42.1 Å². The summed E-state index contributed by atoms with van der Waals surface area (Å²) >= 11 is 0. The first kappa shape index (κ1) is 46.2. The first-order chi connectivity index (χ1) is 33.0. The van der Waals surface area contributed by atoms with Crippen LogP contribution >= 0.6 is 0 Å². The Kier molecular flexibility index (Phi) is 13.4. The quantitative estimate of drug-likeness (QED) is 0.0350. The highest BCUT2D eigenvalue weighted by Gasteiger charge is 2.56. The van der Waals surface area contributed by atoms with Crippen molar-refractivity contribution in [2.75, 3.05) is 23.4 Å². The van der Waals surface area contributed by atoms with E-state index in [2.05, 4.69) is 56.4 Å². The van der Waals surface area contributed by atoms with Crippen molar-refractivity contribution in [3.8, 4) is 5.75 Å². The third kappa shape index (κ3) is 8.98. The number of benzene rings is 7. The number of anilines is 3. The van der Waals surface area contributed by atoms with Gasteiger partial charge in [-0.05, 0) is 110 Å². The molecule has 7 aromatic rings. The van der Waals surface area contributed by atoms with E-state index >= 15 is 0 Å². The Balaban J connectivity index is 1.10. The van der Waals surface area contributed by atoms with Gasteiger partial charge in [-0.2, -0.15) is 0 Å². The van der Waals surface area contributed by atoms with Crippen LogP contribution in [-0.2, 0) is 14.0 Å². The van der Waals surface area contributed by atoms with Crippen LogP contribution in [0.3, 0.4) is 0 Å². The number of nitrogens with one attached hydrogen (secondary N) is 1. The number of carbonyl (C=O) groups is 2. The molecule has 2 aliphatic rings. The minimum atomic E-state index is -3.12. The monoisotopic (exact) mass is 918 g/mol. The van der Waals surface area contributed by atoms with E-state index in [4.69, 9.17) is 4.43 Å². The summed E-state index contributed by atoms with van der Waals surface area (Å²) in [6, 6.07) is 59.1. The fourth-order valence-electron chi connectivity index (χ4n) is 10.7. The van der Waals surface area contributed by atoms with Gasteiger partial charge in [-0.15, -0.1) is 0 Å². The smallest absolute Gasteiger partial charge is 0.261 e. The van der Waals surface area contributed by atoms with Crippen molar-refractivity contribution in [3.63, 3.8) is 0 Å². The van der Waals surface area contributed by atoms with Crippen molar-refractivity contribution >= 4 is 70.0 Å². The number of hydrogen-bond acceptors (Lipinski definition) is 7. The SMILES string of the molecule is CC(C)(C)[Si](OCC1=C([C@H](O)CC/C(=C/c2ccc(O)c3ccccc23)c2ccccc2)[C@H](CO)[C@@H]2C(=O)N(c3ccc(Nc4ccccc4)cc3)C(=O)[C@@H]2C1)(c1ccccc1)c1ccccc1. The summed E-state index contributed by atoms with van der Waals surface area (Å²) in [5.41, 5.74) is 6.38. The molecule has 0 saturated carbocycles. The Morgan fingerprint density at radius 1 is 0.721 bits per heavy atom. The van der Waals surface area contributed by atoms with E-state index in [1.165, 1.54) is 4.90 Å². The van der Waals surface area contributed by atoms with Gasteiger partial charge in [0.15, 0.2) is 0 Å². The molecule has 0 radical (unpaired) electrons. The van der Waals surface area contributed by atoms with Gasteiger partial charge >= 0.3 is 0 Å². The van der Waals surface area contributed by atoms with Crippen LogP contribution in [0, 0.1) is 17.8 Å². The molecule has 1 aliphatic carbocycles. The standard InChI is InChI=1S/C59H58N2O6Si/c1-59(2,3)68(47-22-12-6-13-23-47,48-24-14-7-15-25-48)67-39-43-37-51-56(58(66)61(57(51)65)46-32-30-45(31-33-46)60-44-20-10-5-11-21-44)52(38-62)55(43)54(64)35-28-41(40-18-8-4-9-19-40)36-42-29-34-53(63)50-27-17-16-26-49(42)50/h4-27,29-34,36,51-52,54,56,60,62-64H,28,35,37-39H2,1-3H3/b41-36-/t51-,52+,54-,56-/m1/s1. The molecule has 0 unspecified atom stereocenters. The molecule has 344 valence electrons. The summed E-state index contributed by atoms with van der Waals surface area (Å²) in [7, 11) is -3.12. The zero-order valence-electron chi connectivity index (χ0n) is 38.8. The van der Waals surface area contributed by atoms with Gasteiger partial charge in [-0.1, -0.05) is 166 Å². The van der Waals surface area contributed by atoms with Crippen molar-refractivity contribution < 1.29 is 29.3 Å². The molecule has 7 aromatic carbocycles. The third-order valence-electron chi connectivity index (χ3n) is 13.9. The van der Waals surface area contributed by atoms with Gasteiger partial charge in [0.05, 0.1) is 36.8 Å². The lowest BCUT2D eigenvalue weighted by Crippen LogP contribution is -2.66. The molecule has 2 amide bonds. The molecule has 4 atom stereocenters. The number of phenolic OH excluding ortho intramolecular Hbond substituents is 1. The number of para-hydroxylation sites is 1. The summed E-state index contributed by atoms with van der Waals surface area (Å²) in [4.78, 5) is 30.8. The number of fused-ring (bicyclic) bond motifs is 2. The normalized spacial score (nSPS) is 18.2. The lowest BCUT2D eigenvalue weighted by Gasteiger charge is -2.44. The summed E-state index contributed by atoms with van der Waals surface area (Å²) < 4.78 is 7.53. The molecule has 68 heavy (non-hydrogen) atoms. The van der Waals surface area contributed by atoms with Gasteiger partial charge < -0.3 is 25.1 Å². The Morgan fingerprint density at radius 2 is 1.28 bits per heavy atom. The highest BCUT2D eigenvalue weighted by atomic mass is 28.4. The fraction of sp³-hybridized carbons (Fsp3) is 0.220. The fourth-order valence-corrected chi connectivity index (χ4v) is 15.3. The summed E-state index contributed by atoms with van der Waals surface area (Å²) in [5, 5.41) is 41.8. The molecule has 1 heterocycles.